The second-order valence-electron chi connectivity index (χ2n) is 6.81. The summed E-state index contributed by atoms with van der Waals surface area (Å²) in [6.45, 7) is 4.70. The van der Waals surface area contributed by atoms with Crippen molar-refractivity contribution in [2.75, 3.05) is 39.8 Å². The summed E-state index contributed by atoms with van der Waals surface area (Å²) in [5, 5.41) is 0. The van der Waals surface area contributed by atoms with E-state index in [0.29, 0.717) is 32.7 Å². The zero-order chi connectivity index (χ0) is 19.4. The van der Waals surface area contributed by atoms with Crippen molar-refractivity contribution in [2.24, 2.45) is 0 Å². The van der Waals surface area contributed by atoms with Crippen molar-refractivity contribution in [3.05, 3.63) is 59.3 Å². The van der Waals surface area contributed by atoms with Gasteiger partial charge < -0.3 is 14.2 Å². The summed E-state index contributed by atoms with van der Waals surface area (Å²) in [5.41, 5.74) is 0.0931. The van der Waals surface area contributed by atoms with Crippen LogP contribution in [0.3, 0.4) is 0 Å². The average Bonchev–Trinajstić information content (AvgIpc) is 3.07. The van der Waals surface area contributed by atoms with Gasteiger partial charge in [-0.25, -0.2) is 4.39 Å². The van der Waals surface area contributed by atoms with E-state index in [1.807, 2.05) is 24.0 Å². The first-order valence-electron chi connectivity index (χ1n) is 8.99. The fourth-order valence-electron chi connectivity index (χ4n) is 3.12. The van der Waals surface area contributed by atoms with Crippen LogP contribution >= 0.6 is 0 Å². The number of aryl methyl sites for hydroxylation is 1. The standard InChI is InChI=1S/C20H24FN3O3/c1-15-7-8-16(27-15)13-22(2)19(25)14-23-9-11-24(12-10-23)20(26)17-5-3-4-6-18(17)21/h3-8H,9-14H2,1-2H3. The molecule has 0 radical (unpaired) electrons. The summed E-state index contributed by atoms with van der Waals surface area (Å²) in [4.78, 5) is 30.1. The van der Waals surface area contributed by atoms with Crippen molar-refractivity contribution in [1.82, 2.24) is 14.7 Å². The number of carbonyl (C=O) groups is 2. The molecule has 0 saturated carbocycles. The van der Waals surface area contributed by atoms with Crippen molar-refractivity contribution in [2.45, 2.75) is 13.5 Å². The smallest absolute Gasteiger partial charge is 0.256 e. The van der Waals surface area contributed by atoms with E-state index in [4.69, 9.17) is 4.42 Å². The summed E-state index contributed by atoms with van der Waals surface area (Å²) >= 11 is 0. The zero-order valence-corrected chi connectivity index (χ0v) is 15.7. The summed E-state index contributed by atoms with van der Waals surface area (Å²) in [6.07, 6.45) is 0. The first kappa shape index (κ1) is 19.1. The minimum Gasteiger partial charge on any atom is -0.464 e. The second kappa shape index (κ2) is 8.35. The van der Waals surface area contributed by atoms with Gasteiger partial charge in [0, 0.05) is 33.2 Å². The van der Waals surface area contributed by atoms with Crippen molar-refractivity contribution < 1.29 is 18.4 Å². The van der Waals surface area contributed by atoms with Crippen LogP contribution in [0.1, 0.15) is 21.9 Å². The molecule has 1 saturated heterocycles. The molecule has 1 aromatic carbocycles. The third-order valence-electron chi connectivity index (χ3n) is 4.74. The van der Waals surface area contributed by atoms with Gasteiger partial charge in [-0.2, -0.15) is 0 Å². The van der Waals surface area contributed by atoms with E-state index in [9.17, 15) is 14.0 Å². The Morgan fingerprint density at radius 3 is 2.44 bits per heavy atom. The minimum atomic E-state index is -0.505. The molecule has 1 aliphatic heterocycles. The highest BCUT2D eigenvalue weighted by atomic mass is 19.1. The number of amides is 2. The molecule has 0 bridgehead atoms. The average molecular weight is 373 g/mol. The SMILES string of the molecule is Cc1ccc(CN(C)C(=O)CN2CCN(C(=O)c3ccccc3F)CC2)o1. The normalized spacial score (nSPS) is 15.0. The van der Waals surface area contributed by atoms with Crippen LogP contribution in [0.25, 0.3) is 0 Å². The van der Waals surface area contributed by atoms with Gasteiger partial charge in [0.05, 0.1) is 18.7 Å². The Kier molecular flexibility index (Phi) is 5.91. The predicted octanol–water partition coefficient (Wildman–Crippen LogP) is 2.14. The minimum absolute atomic E-state index is 0.00191. The lowest BCUT2D eigenvalue weighted by molar-refractivity contribution is -0.132. The summed E-state index contributed by atoms with van der Waals surface area (Å²) < 4.78 is 19.3. The molecule has 1 aromatic heterocycles. The number of halogens is 1. The van der Waals surface area contributed by atoms with E-state index in [-0.39, 0.29) is 23.9 Å². The molecule has 0 N–H and O–H groups in total. The van der Waals surface area contributed by atoms with Crippen LogP contribution in [0.5, 0.6) is 0 Å². The number of furan rings is 1. The number of rotatable bonds is 5. The number of benzene rings is 1. The molecule has 1 aliphatic rings. The van der Waals surface area contributed by atoms with Crippen LogP contribution in [-0.2, 0) is 11.3 Å². The molecular weight excluding hydrogens is 349 g/mol. The van der Waals surface area contributed by atoms with Crippen molar-refractivity contribution in [3.8, 4) is 0 Å². The Morgan fingerprint density at radius 1 is 1.11 bits per heavy atom. The van der Waals surface area contributed by atoms with Gasteiger partial charge in [0.15, 0.2) is 0 Å². The Labute approximate surface area is 158 Å². The number of hydrogen-bond acceptors (Lipinski definition) is 4. The molecule has 27 heavy (non-hydrogen) atoms. The highest BCUT2D eigenvalue weighted by Gasteiger charge is 2.25. The fraction of sp³-hybridized carbons (Fsp3) is 0.400. The molecule has 0 aliphatic carbocycles. The summed E-state index contributed by atoms with van der Waals surface area (Å²) in [5.74, 6) is 0.766. The quantitative estimate of drug-likeness (QED) is 0.806. The Morgan fingerprint density at radius 2 is 1.81 bits per heavy atom. The molecule has 3 rings (SSSR count). The van der Waals surface area contributed by atoms with Crippen molar-refractivity contribution >= 4 is 11.8 Å². The lowest BCUT2D eigenvalue weighted by Crippen LogP contribution is -2.51. The second-order valence-corrected chi connectivity index (χ2v) is 6.81. The maximum absolute atomic E-state index is 13.8. The summed E-state index contributed by atoms with van der Waals surface area (Å²) in [7, 11) is 1.75. The summed E-state index contributed by atoms with van der Waals surface area (Å²) in [6, 6.07) is 9.75. The van der Waals surface area contributed by atoms with Crippen LogP contribution in [0.15, 0.2) is 40.8 Å². The molecule has 2 aromatic rings. The number of carbonyl (C=O) groups excluding carboxylic acids is 2. The molecule has 0 atom stereocenters. The van der Waals surface area contributed by atoms with Crippen LogP contribution in [0.2, 0.25) is 0 Å². The van der Waals surface area contributed by atoms with Crippen LogP contribution in [0.4, 0.5) is 4.39 Å². The van der Waals surface area contributed by atoms with Gasteiger partial charge in [-0.3, -0.25) is 14.5 Å². The van der Waals surface area contributed by atoms with E-state index in [0.717, 1.165) is 11.5 Å². The topological polar surface area (TPSA) is 57.0 Å². The third kappa shape index (κ3) is 4.74. The lowest BCUT2D eigenvalue weighted by Gasteiger charge is -2.35. The van der Waals surface area contributed by atoms with Gasteiger partial charge in [-0.05, 0) is 31.2 Å². The number of piperazine rings is 1. The number of nitrogens with zero attached hydrogens (tertiary/aromatic N) is 3. The van der Waals surface area contributed by atoms with E-state index >= 15 is 0 Å². The molecular formula is C20H24FN3O3. The van der Waals surface area contributed by atoms with Crippen molar-refractivity contribution in [1.29, 1.82) is 0 Å². The highest BCUT2D eigenvalue weighted by molar-refractivity contribution is 5.94. The van der Waals surface area contributed by atoms with E-state index in [1.54, 1.807) is 29.0 Å². The van der Waals surface area contributed by atoms with Gasteiger partial charge in [-0.1, -0.05) is 12.1 Å². The van der Waals surface area contributed by atoms with Gasteiger partial charge >= 0.3 is 0 Å². The fourth-order valence-corrected chi connectivity index (χ4v) is 3.12. The largest absolute Gasteiger partial charge is 0.464 e. The zero-order valence-electron chi connectivity index (χ0n) is 15.7. The molecule has 144 valence electrons. The molecule has 1 fully saturated rings. The number of likely N-dealkylation sites (N-methyl/N-ethyl adjacent to an activating group) is 1. The van der Waals surface area contributed by atoms with E-state index in [1.165, 1.54) is 12.1 Å². The lowest BCUT2D eigenvalue weighted by atomic mass is 10.1. The Balaban J connectivity index is 1.48. The van der Waals surface area contributed by atoms with E-state index in [2.05, 4.69) is 0 Å². The molecule has 0 spiro atoms. The van der Waals surface area contributed by atoms with Crippen LogP contribution in [-0.4, -0.2) is 66.3 Å². The monoisotopic (exact) mass is 373 g/mol. The number of hydrogen-bond donors (Lipinski definition) is 0. The predicted molar refractivity (Wildman–Crippen MR) is 98.7 cm³/mol. The first-order chi connectivity index (χ1) is 12.9. The van der Waals surface area contributed by atoms with Crippen LogP contribution < -0.4 is 0 Å². The maximum Gasteiger partial charge on any atom is 0.256 e. The molecule has 2 heterocycles. The van der Waals surface area contributed by atoms with E-state index < -0.39 is 5.82 Å². The molecule has 2 amide bonds. The Hall–Kier alpha value is -2.67. The molecule has 6 nitrogen and oxygen atoms in total. The molecule has 7 heteroatoms. The van der Waals surface area contributed by atoms with Crippen molar-refractivity contribution in [3.63, 3.8) is 0 Å². The molecule has 0 unspecified atom stereocenters. The Bertz CT molecular complexity index is 812. The maximum atomic E-state index is 13.8. The first-order valence-corrected chi connectivity index (χ1v) is 8.99. The highest BCUT2D eigenvalue weighted by Crippen LogP contribution is 2.13. The van der Waals surface area contributed by atoms with Gasteiger partial charge in [0.25, 0.3) is 5.91 Å². The third-order valence-corrected chi connectivity index (χ3v) is 4.74. The van der Waals surface area contributed by atoms with Crippen LogP contribution in [0, 0.1) is 12.7 Å². The van der Waals surface area contributed by atoms with Gasteiger partial charge in [0.2, 0.25) is 5.91 Å². The van der Waals surface area contributed by atoms with Gasteiger partial charge in [0.1, 0.15) is 17.3 Å². The van der Waals surface area contributed by atoms with Gasteiger partial charge in [-0.15, -0.1) is 0 Å².